The van der Waals surface area contributed by atoms with Crippen LogP contribution in [0.5, 0.6) is 0 Å². The van der Waals surface area contributed by atoms with Gasteiger partial charge in [-0.2, -0.15) is 17.5 Å². The lowest BCUT2D eigenvalue weighted by Gasteiger charge is -2.21. The maximum Gasteiger partial charge on any atom is 0.402 e. The summed E-state index contributed by atoms with van der Waals surface area (Å²) in [4.78, 5) is 3.73. The Bertz CT molecular complexity index is 529. The van der Waals surface area contributed by atoms with Crippen molar-refractivity contribution >= 4 is 10.0 Å². The molecular weight excluding hydrogens is 295 g/mol. The summed E-state index contributed by atoms with van der Waals surface area (Å²) < 4.78 is 61.6. The number of sulfonamides is 1. The van der Waals surface area contributed by atoms with Crippen LogP contribution in [-0.4, -0.2) is 44.0 Å². The van der Waals surface area contributed by atoms with Gasteiger partial charge in [0.15, 0.2) is 5.03 Å². The van der Waals surface area contributed by atoms with Crippen molar-refractivity contribution in [1.29, 1.82) is 0 Å². The molecular formula is C11H16F3N3O2S. The second-order valence-electron chi connectivity index (χ2n) is 4.08. The molecule has 0 atom stereocenters. The lowest BCUT2D eigenvalue weighted by Crippen LogP contribution is -2.39. The maximum absolute atomic E-state index is 12.4. The highest BCUT2D eigenvalue weighted by molar-refractivity contribution is 7.89. The van der Waals surface area contributed by atoms with E-state index in [1.165, 1.54) is 25.3 Å². The van der Waals surface area contributed by atoms with E-state index in [1.54, 1.807) is 7.05 Å². The zero-order chi connectivity index (χ0) is 15.4. The molecule has 114 valence electrons. The number of nitrogens with zero attached hydrogens (tertiary/aromatic N) is 2. The van der Waals surface area contributed by atoms with Gasteiger partial charge in [-0.25, -0.2) is 13.4 Å². The largest absolute Gasteiger partial charge is 0.402 e. The molecule has 9 heteroatoms. The first-order valence-corrected chi connectivity index (χ1v) is 7.31. The second-order valence-corrected chi connectivity index (χ2v) is 5.97. The standard InChI is InChI=1S/C11H16F3N3O2S/c1-3-17(8-11(12,13)14)20(18,19)10-5-4-9(6-15-2)7-16-10/h4-5,7,15H,3,6,8H2,1-2H3. The summed E-state index contributed by atoms with van der Waals surface area (Å²) >= 11 is 0. The van der Waals surface area contributed by atoms with Gasteiger partial charge in [0, 0.05) is 19.3 Å². The Kier molecular flexibility index (Phi) is 5.49. The van der Waals surface area contributed by atoms with Gasteiger partial charge in [0.2, 0.25) is 0 Å². The van der Waals surface area contributed by atoms with Crippen molar-refractivity contribution in [2.45, 2.75) is 24.7 Å². The van der Waals surface area contributed by atoms with Crippen LogP contribution in [0.1, 0.15) is 12.5 Å². The Hall–Kier alpha value is -1.19. The summed E-state index contributed by atoms with van der Waals surface area (Å²) in [7, 11) is -2.52. The van der Waals surface area contributed by atoms with Crippen LogP contribution < -0.4 is 5.32 Å². The molecule has 0 fully saturated rings. The topological polar surface area (TPSA) is 62.3 Å². The van der Waals surface area contributed by atoms with Crippen LogP contribution in [0, 0.1) is 0 Å². The molecule has 0 aliphatic rings. The van der Waals surface area contributed by atoms with Gasteiger partial charge in [-0.15, -0.1) is 0 Å². The fourth-order valence-electron chi connectivity index (χ4n) is 1.57. The van der Waals surface area contributed by atoms with E-state index in [2.05, 4.69) is 10.3 Å². The molecule has 1 N–H and O–H groups in total. The smallest absolute Gasteiger partial charge is 0.316 e. The highest BCUT2D eigenvalue weighted by Crippen LogP contribution is 2.21. The Labute approximate surface area is 115 Å². The summed E-state index contributed by atoms with van der Waals surface area (Å²) in [5, 5.41) is 2.47. The Morgan fingerprint density at radius 1 is 1.35 bits per heavy atom. The predicted molar refractivity (Wildman–Crippen MR) is 67.5 cm³/mol. The van der Waals surface area contributed by atoms with E-state index in [-0.39, 0.29) is 11.6 Å². The molecule has 0 saturated heterocycles. The number of rotatable bonds is 6. The minimum Gasteiger partial charge on any atom is -0.316 e. The summed E-state index contributed by atoms with van der Waals surface area (Å²) in [6.07, 6.45) is -3.26. The molecule has 1 aromatic heterocycles. The maximum atomic E-state index is 12.4. The third-order valence-corrected chi connectivity index (χ3v) is 4.33. The quantitative estimate of drug-likeness (QED) is 0.862. The summed E-state index contributed by atoms with van der Waals surface area (Å²) in [6.45, 7) is 0.0413. The minimum atomic E-state index is -4.59. The average Bonchev–Trinajstić information content (AvgIpc) is 2.36. The number of hydrogen-bond donors (Lipinski definition) is 1. The molecule has 0 spiro atoms. The summed E-state index contributed by atoms with van der Waals surface area (Å²) in [6, 6.07) is 2.72. The van der Waals surface area contributed by atoms with Gasteiger partial charge >= 0.3 is 6.18 Å². The van der Waals surface area contributed by atoms with E-state index in [0.717, 1.165) is 5.56 Å². The number of pyridine rings is 1. The Morgan fingerprint density at radius 2 is 2.00 bits per heavy atom. The van der Waals surface area contributed by atoms with Gasteiger partial charge in [0.1, 0.15) is 6.54 Å². The monoisotopic (exact) mass is 311 g/mol. The van der Waals surface area contributed by atoms with Gasteiger partial charge in [-0.3, -0.25) is 0 Å². The first kappa shape index (κ1) is 16.9. The fourth-order valence-corrected chi connectivity index (χ4v) is 2.92. The summed E-state index contributed by atoms with van der Waals surface area (Å²) in [5.41, 5.74) is 0.741. The lowest BCUT2D eigenvalue weighted by molar-refractivity contribution is -0.135. The highest BCUT2D eigenvalue weighted by atomic mass is 32.2. The Morgan fingerprint density at radius 3 is 2.40 bits per heavy atom. The van der Waals surface area contributed by atoms with Crippen LogP contribution >= 0.6 is 0 Å². The van der Waals surface area contributed by atoms with Gasteiger partial charge in [-0.1, -0.05) is 13.0 Å². The van der Waals surface area contributed by atoms with Gasteiger partial charge in [-0.05, 0) is 18.7 Å². The van der Waals surface area contributed by atoms with Gasteiger partial charge < -0.3 is 5.32 Å². The number of hydrogen-bond acceptors (Lipinski definition) is 4. The van der Waals surface area contributed by atoms with Crippen molar-refractivity contribution in [2.75, 3.05) is 20.1 Å². The molecule has 0 unspecified atom stereocenters. The molecule has 20 heavy (non-hydrogen) atoms. The third kappa shape index (κ3) is 4.43. The third-order valence-electron chi connectivity index (χ3n) is 2.49. The van der Waals surface area contributed by atoms with Crippen LogP contribution in [-0.2, 0) is 16.6 Å². The molecule has 0 bridgehead atoms. The summed E-state index contributed by atoms with van der Waals surface area (Å²) in [5.74, 6) is 0. The van der Waals surface area contributed by atoms with E-state index in [4.69, 9.17) is 0 Å². The SMILES string of the molecule is CCN(CC(F)(F)F)S(=O)(=O)c1ccc(CNC)cn1. The average molecular weight is 311 g/mol. The minimum absolute atomic E-state index is 0.276. The molecule has 0 aromatic carbocycles. The van der Waals surface area contributed by atoms with Crippen LogP contribution in [0.25, 0.3) is 0 Å². The van der Waals surface area contributed by atoms with Crippen molar-refractivity contribution in [3.63, 3.8) is 0 Å². The molecule has 1 rings (SSSR count). The van der Waals surface area contributed by atoms with Crippen molar-refractivity contribution in [1.82, 2.24) is 14.6 Å². The zero-order valence-electron chi connectivity index (χ0n) is 11.1. The van der Waals surface area contributed by atoms with Crippen molar-refractivity contribution < 1.29 is 21.6 Å². The van der Waals surface area contributed by atoms with Gasteiger partial charge in [0.25, 0.3) is 10.0 Å². The molecule has 0 aliphatic carbocycles. The van der Waals surface area contributed by atoms with Crippen LogP contribution in [0.15, 0.2) is 23.4 Å². The first-order chi connectivity index (χ1) is 9.20. The van der Waals surface area contributed by atoms with E-state index in [9.17, 15) is 21.6 Å². The second kappa shape index (κ2) is 6.51. The molecule has 0 radical (unpaired) electrons. The van der Waals surface area contributed by atoms with E-state index in [0.29, 0.717) is 10.8 Å². The first-order valence-electron chi connectivity index (χ1n) is 5.87. The highest BCUT2D eigenvalue weighted by Gasteiger charge is 2.36. The Balaban J connectivity index is 3.01. The molecule has 0 aliphatic heterocycles. The van der Waals surface area contributed by atoms with Crippen LogP contribution in [0.2, 0.25) is 0 Å². The van der Waals surface area contributed by atoms with Gasteiger partial charge in [0.05, 0.1) is 0 Å². The normalized spacial score (nSPS) is 12.9. The van der Waals surface area contributed by atoms with Crippen molar-refractivity contribution in [2.24, 2.45) is 0 Å². The van der Waals surface area contributed by atoms with E-state index < -0.39 is 22.7 Å². The van der Waals surface area contributed by atoms with Crippen LogP contribution in [0.4, 0.5) is 13.2 Å². The molecule has 0 amide bonds. The van der Waals surface area contributed by atoms with E-state index >= 15 is 0 Å². The molecule has 1 aromatic rings. The predicted octanol–water partition coefficient (Wildman–Crippen LogP) is 1.37. The fraction of sp³-hybridized carbons (Fsp3) is 0.545. The number of alkyl halides is 3. The zero-order valence-corrected chi connectivity index (χ0v) is 11.9. The number of nitrogens with one attached hydrogen (secondary N) is 1. The van der Waals surface area contributed by atoms with E-state index in [1.807, 2.05) is 0 Å². The number of halogens is 3. The molecule has 1 heterocycles. The molecule has 0 saturated carbocycles. The van der Waals surface area contributed by atoms with Crippen LogP contribution in [0.3, 0.4) is 0 Å². The van der Waals surface area contributed by atoms with Crippen molar-refractivity contribution in [3.8, 4) is 0 Å². The molecule has 5 nitrogen and oxygen atoms in total. The number of aromatic nitrogens is 1. The lowest BCUT2D eigenvalue weighted by atomic mass is 10.3. The van der Waals surface area contributed by atoms with Crippen molar-refractivity contribution in [3.05, 3.63) is 23.9 Å².